The third-order valence-electron chi connectivity index (χ3n) is 5.21. The number of benzene rings is 1. The lowest BCUT2D eigenvalue weighted by Gasteiger charge is -2.17. The van der Waals surface area contributed by atoms with Crippen molar-refractivity contribution in [3.63, 3.8) is 0 Å². The van der Waals surface area contributed by atoms with Gasteiger partial charge in [-0.1, -0.05) is 11.3 Å². The summed E-state index contributed by atoms with van der Waals surface area (Å²) in [6.45, 7) is 2.59. The predicted molar refractivity (Wildman–Crippen MR) is 106 cm³/mol. The molecule has 1 aliphatic heterocycles. The second-order valence-electron chi connectivity index (χ2n) is 7.34. The second kappa shape index (κ2) is 6.66. The summed E-state index contributed by atoms with van der Waals surface area (Å²) in [6.07, 6.45) is 3.78. The van der Waals surface area contributed by atoms with E-state index >= 15 is 0 Å². The molecule has 3 aromatic rings. The van der Waals surface area contributed by atoms with Crippen LogP contribution in [0.15, 0.2) is 18.2 Å². The standard InChI is InChI=1S/C19H20N6O2S/c1-11-21-22-19-25(11)23-17(28-19)7-6-16(26)20-14-4-5-15-13(10-14)8-9-24(15)18(27)12-2-3-12/h4-5,10,12H,2-3,6-9H2,1H3,(H,20,26). The van der Waals surface area contributed by atoms with Gasteiger partial charge < -0.3 is 10.2 Å². The van der Waals surface area contributed by atoms with Crippen molar-refractivity contribution in [2.75, 3.05) is 16.8 Å². The van der Waals surface area contributed by atoms with Gasteiger partial charge in [0, 0.05) is 36.7 Å². The third kappa shape index (κ3) is 3.15. The predicted octanol–water partition coefficient (Wildman–Crippen LogP) is 2.36. The molecule has 9 heteroatoms. The Hall–Kier alpha value is -2.81. The minimum absolute atomic E-state index is 0.0495. The van der Waals surface area contributed by atoms with E-state index in [1.165, 1.54) is 11.3 Å². The van der Waals surface area contributed by atoms with E-state index < -0.39 is 0 Å². The fraction of sp³-hybridized carbons (Fsp3) is 0.421. The minimum atomic E-state index is -0.0495. The summed E-state index contributed by atoms with van der Waals surface area (Å²) >= 11 is 1.45. The third-order valence-corrected chi connectivity index (χ3v) is 6.16. The van der Waals surface area contributed by atoms with E-state index in [9.17, 15) is 9.59 Å². The van der Waals surface area contributed by atoms with Crippen molar-refractivity contribution >= 4 is 39.5 Å². The van der Waals surface area contributed by atoms with Crippen LogP contribution in [0.25, 0.3) is 4.96 Å². The van der Waals surface area contributed by atoms with Crippen molar-refractivity contribution in [1.29, 1.82) is 0 Å². The van der Waals surface area contributed by atoms with Crippen LogP contribution in [0.4, 0.5) is 11.4 Å². The van der Waals surface area contributed by atoms with Crippen LogP contribution in [-0.4, -0.2) is 38.2 Å². The number of fused-ring (bicyclic) bond motifs is 2. The smallest absolute Gasteiger partial charge is 0.234 e. The van der Waals surface area contributed by atoms with E-state index in [1.54, 1.807) is 4.52 Å². The van der Waals surface area contributed by atoms with Crippen LogP contribution in [-0.2, 0) is 22.4 Å². The molecule has 5 rings (SSSR count). The van der Waals surface area contributed by atoms with Gasteiger partial charge in [0.2, 0.25) is 16.8 Å². The molecule has 0 bridgehead atoms. The number of aromatic nitrogens is 4. The Morgan fingerprint density at radius 3 is 2.93 bits per heavy atom. The Morgan fingerprint density at radius 1 is 1.29 bits per heavy atom. The van der Waals surface area contributed by atoms with Gasteiger partial charge >= 0.3 is 0 Å². The molecule has 0 unspecified atom stereocenters. The zero-order valence-corrected chi connectivity index (χ0v) is 16.3. The number of rotatable bonds is 5. The van der Waals surface area contributed by atoms with Gasteiger partial charge in [0.15, 0.2) is 5.82 Å². The number of aryl methyl sites for hydroxylation is 2. The highest BCUT2D eigenvalue weighted by Crippen LogP contribution is 2.37. The summed E-state index contributed by atoms with van der Waals surface area (Å²) in [5, 5.41) is 16.3. The van der Waals surface area contributed by atoms with Crippen molar-refractivity contribution in [3.05, 3.63) is 34.6 Å². The van der Waals surface area contributed by atoms with E-state index in [0.29, 0.717) is 12.8 Å². The molecular weight excluding hydrogens is 376 g/mol. The molecule has 2 aliphatic rings. The highest BCUT2D eigenvalue weighted by molar-refractivity contribution is 7.16. The topological polar surface area (TPSA) is 92.5 Å². The Labute approximate surface area is 165 Å². The minimum Gasteiger partial charge on any atom is -0.326 e. The average Bonchev–Trinajstić information content (AvgIpc) is 3.18. The van der Waals surface area contributed by atoms with E-state index in [0.717, 1.165) is 58.5 Å². The van der Waals surface area contributed by atoms with Gasteiger partial charge in [-0.05, 0) is 49.9 Å². The number of amides is 2. The van der Waals surface area contributed by atoms with E-state index in [2.05, 4.69) is 20.6 Å². The van der Waals surface area contributed by atoms with Crippen molar-refractivity contribution in [1.82, 2.24) is 19.8 Å². The normalized spacial score (nSPS) is 15.8. The van der Waals surface area contributed by atoms with Crippen LogP contribution in [0, 0.1) is 12.8 Å². The zero-order valence-electron chi connectivity index (χ0n) is 15.5. The van der Waals surface area contributed by atoms with Crippen LogP contribution < -0.4 is 10.2 Å². The van der Waals surface area contributed by atoms with Gasteiger partial charge in [0.25, 0.3) is 0 Å². The lowest BCUT2D eigenvalue weighted by Crippen LogP contribution is -2.30. The first-order valence-corrected chi connectivity index (χ1v) is 10.3. The number of anilines is 2. The Kier molecular flexibility index (Phi) is 4.12. The highest BCUT2D eigenvalue weighted by atomic mass is 32.1. The molecule has 1 N–H and O–H groups in total. The number of carbonyl (C=O) groups is 2. The molecule has 1 aliphatic carbocycles. The molecule has 0 saturated heterocycles. The molecule has 8 nitrogen and oxygen atoms in total. The summed E-state index contributed by atoms with van der Waals surface area (Å²) in [7, 11) is 0. The second-order valence-corrected chi connectivity index (χ2v) is 8.38. The lowest BCUT2D eigenvalue weighted by atomic mass is 10.1. The zero-order chi connectivity index (χ0) is 19.3. The summed E-state index contributed by atoms with van der Waals surface area (Å²) < 4.78 is 1.70. The molecule has 0 radical (unpaired) electrons. The van der Waals surface area contributed by atoms with E-state index in [1.807, 2.05) is 30.0 Å². The fourth-order valence-corrected chi connectivity index (χ4v) is 4.44. The number of nitrogens with one attached hydrogen (secondary N) is 1. The molecule has 1 saturated carbocycles. The molecule has 3 heterocycles. The van der Waals surface area contributed by atoms with Crippen molar-refractivity contribution < 1.29 is 9.59 Å². The number of carbonyl (C=O) groups excluding carboxylic acids is 2. The first-order chi connectivity index (χ1) is 13.6. The van der Waals surface area contributed by atoms with Crippen LogP contribution in [0.1, 0.15) is 35.7 Å². The van der Waals surface area contributed by atoms with E-state index in [-0.39, 0.29) is 17.7 Å². The number of hydrogen-bond donors (Lipinski definition) is 1. The Bertz CT molecular complexity index is 1080. The fourth-order valence-electron chi connectivity index (χ4n) is 3.56. The van der Waals surface area contributed by atoms with Crippen LogP contribution in [0.3, 0.4) is 0 Å². The van der Waals surface area contributed by atoms with E-state index in [4.69, 9.17) is 0 Å². The van der Waals surface area contributed by atoms with Gasteiger partial charge in [-0.2, -0.15) is 9.61 Å². The number of hydrogen-bond acceptors (Lipinski definition) is 6. The first-order valence-electron chi connectivity index (χ1n) is 9.50. The Morgan fingerprint density at radius 2 is 2.14 bits per heavy atom. The monoisotopic (exact) mass is 396 g/mol. The molecule has 2 amide bonds. The molecule has 2 aromatic heterocycles. The van der Waals surface area contributed by atoms with Crippen LogP contribution >= 0.6 is 11.3 Å². The Balaban J connectivity index is 1.21. The molecule has 0 spiro atoms. The van der Waals surface area contributed by atoms with Crippen molar-refractivity contribution in [2.45, 2.75) is 39.0 Å². The average molecular weight is 396 g/mol. The molecule has 0 atom stereocenters. The molecule has 1 aromatic carbocycles. The molecular formula is C19H20N6O2S. The van der Waals surface area contributed by atoms with Gasteiger partial charge in [-0.3, -0.25) is 9.59 Å². The maximum absolute atomic E-state index is 12.4. The maximum Gasteiger partial charge on any atom is 0.234 e. The molecule has 1 fully saturated rings. The molecule has 28 heavy (non-hydrogen) atoms. The van der Waals surface area contributed by atoms with Crippen LogP contribution in [0.2, 0.25) is 0 Å². The van der Waals surface area contributed by atoms with Gasteiger partial charge in [-0.15, -0.1) is 10.2 Å². The van der Waals surface area contributed by atoms with Gasteiger partial charge in [-0.25, -0.2) is 0 Å². The van der Waals surface area contributed by atoms with Gasteiger partial charge in [0.1, 0.15) is 5.01 Å². The van der Waals surface area contributed by atoms with Crippen molar-refractivity contribution in [2.24, 2.45) is 5.92 Å². The summed E-state index contributed by atoms with van der Waals surface area (Å²) in [5.74, 6) is 1.16. The molecule has 144 valence electrons. The largest absolute Gasteiger partial charge is 0.326 e. The van der Waals surface area contributed by atoms with Gasteiger partial charge in [0.05, 0.1) is 0 Å². The quantitative estimate of drug-likeness (QED) is 0.715. The maximum atomic E-state index is 12.4. The summed E-state index contributed by atoms with van der Waals surface area (Å²) in [5.41, 5.74) is 2.89. The highest BCUT2D eigenvalue weighted by Gasteiger charge is 2.36. The summed E-state index contributed by atoms with van der Waals surface area (Å²) in [6, 6.07) is 5.81. The van der Waals surface area contributed by atoms with Crippen molar-refractivity contribution in [3.8, 4) is 0 Å². The number of nitrogens with zero attached hydrogens (tertiary/aromatic N) is 5. The summed E-state index contributed by atoms with van der Waals surface area (Å²) in [4.78, 5) is 27.3. The SMILES string of the molecule is Cc1nnc2sc(CCC(=O)Nc3ccc4c(c3)CCN4C(=O)C3CC3)nn12. The first kappa shape index (κ1) is 17.3. The van der Waals surface area contributed by atoms with Crippen LogP contribution in [0.5, 0.6) is 0 Å². The lowest BCUT2D eigenvalue weighted by molar-refractivity contribution is -0.119.